The van der Waals surface area contributed by atoms with Crippen LogP contribution in [-0.2, 0) is 24.5 Å². The summed E-state index contributed by atoms with van der Waals surface area (Å²) in [5, 5.41) is -1.83. The number of imide groups is 3. The van der Waals surface area contributed by atoms with Gasteiger partial charge in [0.25, 0.3) is 16.0 Å². The molecule has 1 aliphatic heterocycles. The summed E-state index contributed by atoms with van der Waals surface area (Å²) in [4.78, 5) is 33.1. The Morgan fingerprint density at radius 1 is 1.50 bits per heavy atom. The molecule has 1 saturated heterocycles. The Hall–Kier alpha value is -1.28. The van der Waals surface area contributed by atoms with Gasteiger partial charge in [-0.25, -0.2) is 4.90 Å². The standard InChI is InChI=1S/C6H7NO6S/c1-3(8)7-5(9)2-4(6(7)10)14(11,12)13/h4H,2H2,1H3,(H,11,12,13). The van der Waals surface area contributed by atoms with Gasteiger partial charge < -0.3 is 0 Å². The number of carbonyl (C=O) groups excluding carboxylic acids is 3. The monoisotopic (exact) mass is 221 g/mol. The molecule has 0 aromatic carbocycles. The molecule has 1 unspecified atom stereocenters. The largest absolute Gasteiger partial charge is 0.285 e. The fraction of sp³-hybridized carbons (Fsp3) is 0.500. The van der Waals surface area contributed by atoms with Crippen LogP contribution in [0.15, 0.2) is 0 Å². The molecule has 0 aromatic heterocycles. The fourth-order valence-electron chi connectivity index (χ4n) is 1.17. The molecule has 0 aromatic rings. The Balaban J connectivity index is 3.08. The van der Waals surface area contributed by atoms with Crippen LogP contribution in [-0.4, -0.2) is 40.8 Å². The molecule has 1 rings (SSSR count). The lowest BCUT2D eigenvalue weighted by molar-refractivity contribution is -0.148. The van der Waals surface area contributed by atoms with Crippen LogP contribution in [0.2, 0.25) is 0 Å². The lowest BCUT2D eigenvalue weighted by atomic mass is 10.4. The summed E-state index contributed by atoms with van der Waals surface area (Å²) in [5.74, 6) is -2.96. The molecule has 0 bridgehead atoms. The summed E-state index contributed by atoms with van der Waals surface area (Å²) in [5.41, 5.74) is 0. The maximum atomic E-state index is 11.1. The molecule has 0 aliphatic carbocycles. The summed E-state index contributed by atoms with van der Waals surface area (Å²) in [7, 11) is -4.62. The smallest absolute Gasteiger partial charge is 0.277 e. The van der Waals surface area contributed by atoms with Crippen LogP contribution in [0.5, 0.6) is 0 Å². The van der Waals surface area contributed by atoms with Crippen molar-refractivity contribution < 1.29 is 27.4 Å². The van der Waals surface area contributed by atoms with Gasteiger partial charge in [0, 0.05) is 6.92 Å². The zero-order chi connectivity index (χ0) is 11.1. The number of rotatable bonds is 1. The minimum Gasteiger partial charge on any atom is -0.285 e. The average molecular weight is 221 g/mol. The number of likely N-dealkylation sites (tertiary alicyclic amines) is 1. The highest BCUT2D eigenvalue weighted by Crippen LogP contribution is 2.19. The summed E-state index contributed by atoms with van der Waals surface area (Å²) in [6, 6.07) is 0. The third kappa shape index (κ3) is 1.66. The topological polar surface area (TPSA) is 109 Å². The van der Waals surface area contributed by atoms with Crippen molar-refractivity contribution in [2.45, 2.75) is 18.6 Å². The zero-order valence-corrected chi connectivity index (χ0v) is 7.94. The van der Waals surface area contributed by atoms with Crippen molar-refractivity contribution in [3.8, 4) is 0 Å². The lowest BCUT2D eigenvalue weighted by Crippen LogP contribution is -2.37. The van der Waals surface area contributed by atoms with E-state index in [0.29, 0.717) is 0 Å². The van der Waals surface area contributed by atoms with Crippen LogP contribution < -0.4 is 0 Å². The Bertz CT molecular complexity index is 410. The van der Waals surface area contributed by atoms with Crippen LogP contribution >= 0.6 is 0 Å². The van der Waals surface area contributed by atoms with E-state index in [-0.39, 0.29) is 4.90 Å². The minimum atomic E-state index is -4.62. The van der Waals surface area contributed by atoms with Crippen LogP contribution in [0.4, 0.5) is 0 Å². The molecule has 78 valence electrons. The Kier molecular flexibility index (Phi) is 2.42. The van der Waals surface area contributed by atoms with Gasteiger partial charge in [0.2, 0.25) is 11.8 Å². The predicted molar refractivity (Wildman–Crippen MR) is 42.5 cm³/mol. The van der Waals surface area contributed by atoms with Gasteiger partial charge in [0.1, 0.15) is 0 Å². The molecule has 14 heavy (non-hydrogen) atoms. The third-order valence-electron chi connectivity index (χ3n) is 1.78. The molecular formula is C6H7NO6S. The molecule has 0 radical (unpaired) electrons. The first-order valence-electron chi connectivity index (χ1n) is 3.59. The number of nitrogens with zero attached hydrogens (tertiary/aromatic N) is 1. The van der Waals surface area contributed by atoms with Crippen molar-refractivity contribution in [1.82, 2.24) is 4.90 Å². The molecule has 0 spiro atoms. The van der Waals surface area contributed by atoms with E-state index in [9.17, 15) is 22.8 Å². The molecule has 1 aliphatic rings. The number of amides is 3. The highest BCUT2D eigenvalue weighted by Gasteiger charge is 2.47. The fourth-order valence-corrected chi connectivity index (χ4v) is 1.88. The van der Waals surface area contributed by atoms with E-state index >= 15 is 0 Å². The predicted octanol–water partition coefficient (Wildman–Crippen LogP) is -1.45. The van der Waals surface area contributed by atoms with E-state index in [1.54, 1.807) is 0 Å². The summed E-state index contributed by atoms with van der Waals surface area (Å²) < 4.78 is 29.8. The van der Waals surface area contributed by atoms with Crippen LogP contribution in [0, 0.1) is 0 Å². The number of carbonyl (C=O) groups is 3. The first kappa shape index (κ1) is 10.8. The SMILES string of the molecule is CC(=O)N1C(=O)CC(S(=O)(=O)O)C1=O. The van der Waals surface area contributed by atoms with Crippen molar-refractivity contribution in [3.63, 3.8) is 0 Å². The van der Waals surface area contributed by atoms with Crippen LogP contribution in [0.3, 0.4) is 0 Å². The molecule has 7 nitrogen and oxygen atoms in total. The molecule has 1 atom stereocenters. The second-order valence-corrected chi connectivity index (χ2v) is 4.39. The number of hydrogen-bond donors (Lipinski definition) is 1. The first-order valence-corrected chi connectivity index (χ1v) is 5.09. The van der Waals surface area contributed by atoms with Crippen molar-refractivity contribution in [2.24, 2.45) is 0 Å². The van der Waals surface area contributed by atoms with E-state index in [4.69, 9.17) is 4.55 Å². The van der Waals surface area contributed by atoms with Gasteiger partial charge in [-0.2, -0.15) is 8.42 Å². The van der Waals surface area contributed by atoms with Gasteiger partial charge in [-0.05, 0) is 0 Å². The van der Waals surface area contributed by atoms with Crippen molar-refractivity contribution in [2.75, 3.05) is 0 Å². The summed E-state index contributed by atoms with van der Waals surface area (Å²) >= 11 is 0. The Morgan fingerprint density at radius 3 is 2.21 bits per heavy atom. The van der Waals surface area contributed by atoms with Crippen LogP contribution in [0.25, 0.3) is 0 Å². The highest BCUT2D eigenvalue weighted by atomic mass is 32.2. The van der Waals surface area contributed by atoms with E-state index < -0.39 is 39.5 Å². The van der Waals surface area contributed by atoms with Gasteiger partial charge in [-0.3, -0.25) is 18.9 Å². The van der Waals surface area contributed by atoms with Crippen molar-refractivity contribution >= 4 is 27.8 Å². The normalized spacial score (nSPS) is 23.0. The molecular weight excluding hydrogens is 214 g/mol. The van der Waals surface area contributed by atoms with Gasteiger partial charge in [0.15, 0.2) is 5.25 Å². The van der Waals surface area contributed by atoms with Crippen molar-refractivity contribution in [3.05, 3.63) is 0 Å². The molecule has 8 heteroatoms. The molecule has 0 saturated carbocycles. The average Bonchev–Trinajstić information content (AvgIpc) is 2.24. The molecule has 1 heterocycles. The van der Waals surface area contributed by atoms with E-state index in [1.807, 2.05) is 0 Å². The molecule has 3 amide bonds. The number of hydrogen-bond acceptors (Lipinski definition) is 5. The maximum absolute atomic E-state index is 11.1. The molecule has 1 N–H and O–H groups in total. The summed E-state index contributed by atoms with van der Waals surface area (Å²) in [6.45, 7) is 0.960. The maximum Gasteiger partial charge on any atom is 0.277 e. The van der Waals surface area contributed by atoms with Gasteiger partial charge in [-0.15, -0.1) is 0 Å². The van der Waals surface area contributed by atoms with Crippen molar-refractivity contribution in [1.29, 1.82) is 0 Å². The third-order valence-corrected chi connectivity index (χ3v) is 2.87. The first-order chi connectivity index (χ1) is 6.25. The summed E-state index contributed by atoms with van der Waals surface area (Å²) in [6.07, 6.45) is -0.683. The minimum absolute atomic E-state index is 0.221. The van der Waals surface area contributed by atoms with Gasteiger partial charge >= 0.3 is 0 Å². The lowest BCUT2D eigenvalue weighted by Gasteiger charge is -2.08. The van der Waals surface area contributed by atoms with Crippen LogP contribution in [0.1, 0.15) is 13.3 Å². The zero-order valence-electron chi connectivity index (χ0n) is 7.13. The highest BCUT2D eigenvalue weighted by molar-refractivity contribution is 7.87. The Morgan fingerprint density at radius 2 is 2.00 bits per heavy atom. The second kappa shape index (κ2) is 3.14. The van der Waals surface area contributed by atoms with E-state index in [1.165, 1.54) is 0 Å². The van der Waals surface area contributed by atoms with Gasteiger partial charge in [-0.1, -0.05) is 0 Å². The Labute approximate surface area is 79.4 Å². The molecule has 1 fully saturated rings. The quantitative estimate of drug-likeness (QED) is 0.428. The van der Waals surface area contributed by atoms with E-state index in [0.717, 1.165) is 6.92 Å². The second-order valence-electron chi connectivity index (χ2n) is 2.79. The van der Waals surface area contributed by atoms with E-state index in [2.05, 4.69) is 0 Å². The van der Waals surface area contributed by atoms with Gasteiger partial charge in [0.05, 0.1) is 6.42 Å².